The van der Waals surface area contributed by atoms with Gasteiger partial charge in [0.05, 0.1) is 6.54 Å². The van der Waals surface area contributed by atoms with Gasteiger partial charge in [-0.15, -0.1) is 0 Å². The average molecular weight is 274 g/mol. The lowest BCUT2D eigenvalue weighted by atomic mass is 10.1. The van der Waals surface area contributed by atoms with Crippen LogP contribution in [-0.4, -0.2) is 35.7 Å². The first-order valence-corrected chi connectivity index (χ1v) is 7.15. The predicted octanol–water partition coefficient (Wildman–Crippen LogP) is 2.38. The molecular formula is C16H22N2O2. The Bertz CT molecular complexity index is 499. The van der Waals surface area contributed by atoms with E-state index in [0.717, 1.165) is 30.6 Å². The number of Topliss-reactive ketones (excluding diaryl/α,β-unsaturated/α-hetero) is 1. The van der Waals surface area contributed by atoms with E-state index in [9.17, 15) is 9.59 Å². The Morgan fingerprint density at radius 3 is 2.80 bits per heavy atom. The van der Waals surface area contributed by atoms with Gasteiger partial charge in [-0.3, -0.25) is 14.5 Å². The van der Waals surface area contributed by atoms with Gasteiger partial charge in [-0.25, -0.2) is 0 Å². The summed E-state index contributed by atoms with van der Waals surface area (Å²) in [4.78, 5) is 25.5. The third kappa shape index (κ3) is 3.90. The second kappa shape index (κ2) is 6.66. The minimum Gasteiger partial charge on any atom is -0.325 e. The molecule has 1 atom stereocenters. The number of hydrogen-bond acceptors (Lipinski definition) is 3. The molecule has 0 radical (unpaired) electrons. The van der Waals surface area contributed by atoms with E-state index in [0.29, 0.717) is 13.0 Å². The van der Waals surface area contributed by atoms with E-state index in [-0.39, 0.29) is 17.7 Å². The smallest absolute Gasteiger partial charge is 0.238 e. The highest BCUT2D eigenvalue weighted by Gasteiger charge is 2.27. The van der Waals surface area contributed by atoms with Crippen molar-refractivity contribution in [3.63, 3.8) is 0 Å². The maximum atomic E-state index is 12.1. The van der Waals surface area contributed by atoms with Crippen molar-refractivity contribution in [1.29, 1.82) is 0 Å². The zero-order valence-electron chi connectivity index (χ0n) is 12.2. The van der Waals surface area contributed by atoms with Crippen LogP contribution < -0.4 is 5.32 Å². The fourth-order valence-corrected chi connectivity index (χ4v) is 2.75. The summed E-state index contributed by atoms with van der Waals surface area (Å²) >= 11 is 0. The predicted molar refractivity (Wildman–Crippen MR) is 79.7 cm³/mol. The number of rotatable bonds is 5. The molecule has 1 N–H and O–H groups in total. The van der Waals surface area contributed by atoms with Crippen molar-refractivity contribution in [2.45, 2.75) is 39.2 Å². The molecule has 20 heavy (non-hydrogen) atoms. The fourth-order valence-electron chi connectivity index (χ4n) is 2.75. The quantitative estimate of drug-likeness (QED) is 0.897. The van der Waals surface area contributed by atoms with Crippen molar-refractivity contribution in [2.24, 2.45) is 0 Å². The maximum Gasteiger partial charge on any atom is 0.238 e. The molecule has 1 amide bonds. The Morgan fingerprint density at radius 1 is 1.35 bits per heavy atom. The minimum absolute atomic E-state index is 0.00486. The molecule has 1 aliphatic rings. The van der Waals surface area contributed by atoms with E-state index < -0.39 is 0 Å². The van der Waals surface area contributed by atoms with E-state index in [1.165, 1.54) is 0 Å². The van der Waals surface area contributed by atoms with Crippen LogP contribution in [0.3, 0.4) is 0 Å². The summed E-state index contributed by atoms with van der Waals surface area (Å²) in [6.07, 6.45) is 2.63. The Kier molecular flexibility index (Phi) is 4.90. The van der Waals surface area contributed by atoms with E-state index in [1.807, 2.05) is 31.2 Å². The number of amides is 1. The molecule has 0 aromatic heterocycles. The summed E-state index contributed by atoms with van der Waals surface area (Å²) in [5.74, 6) is 0.191. The van der Waals surface area contributed by atoms with Gasteiger partial charge < -0.3 is 5.32 Å². The first kappa shape index (κ1) is 14.7. The average Bonchev–Trinajstić information content (AvgIpc) is 2.78. The van der Waals surface area contributed by atoms with Gasteiger partial charge in [-0.1, -0.05) is 18.2 Å². The molecule has 1 saturated heterocycles. The summed E-state index contributed by atoms with van der Waals surface area (Å²) in [6, 6.07) is 7.98. The zero-order valence-corrected chi connectivity index (χ0v) is 12.2. The van der Waals surface area contributed by atoms with Crippen molar-refractivity contribution in [1.82, 2.24) is 4.90 Å². The Hall–Kier alpha value is -1.68. The zero-order chi connectivity index (χ0) is 14.5. The lowest BCUT2D eigenvalue weighted by Crippen LogP contribution is -2.37. The molecule has 1 heterocycles. The third-order valence-electron chi connectivity index (χ3n) is 3.79. The van der Waals surface area contributed by atoms with E-state index >= 15 is 0 Å². The van der Waals surface area contributed by atoms with Crippen LogP contribution in [0.1, 0.15) is 31.7 Å². The van der Waals surface area contributed by atoms with Gasteiger partial charge >= 0.3 is 0 Å². The summed E-state index contributed by atoms with van der Waals surface area (Å²) < 4.78 is 0. The van der Waals surface area contributed by atoms with Crippen molar-refractivity contribution >= 4 is 17.4 Å². The number of ketones is 1. The molecule has 0 aliphatic carbocycles. The number of carbonyl (C=O) groups excluding carboxylic acids is 2. The lowest BCUT2D eigenvalue weighted by molar-refractivity contribution is -0.120. The molecule has 1 aromatic rings. The van der Waals surface area contributed by atoms with Crippen LogP contribution in [-0.2, 0) is 9.59 Å². The summed E-state index contributed by atoms with van der Waals surface area (Å²) in [5, 5.41) is 2.95. The van der Waals surface area contributed by atoms with E-state index in [4.69, 9.17) is 0 Å². The number of likely N-dealkylation sites (tertiary alicyclic amines) is 1. The molecule has 4 heteroatoms. The number of nitrogens with one attached hydrogen (secondary N) is 1. The van der Waals surface area contributed by atoms with Gasteiger partial charge in [0, 0.05) is 18.2 Å². The standard InChI is InChI=1S/C16H22N2O2/c1-12-6-3-4-8-15(12)17-16(20)11-18-9-5-7-14(18)10-13(2)19/h3-4,6,8,14H,5,7,9-11H2,1-2H3,(H,17,20). The van der Waals surface area contributed by atoms with Crippen molar-refractivity contribution in [3.05, 3.63) is 29.8 Å². The molecule has 1 aliphatic heterocycles. The number of nitrogens with zero attached hydrogens (tertiary/aromatic N) is 1. The largest absolute Gasteiger partial charge is 0.325 e. The summed E-state index contributed by atoms with van der Waals surface area (Å²) in [5.41, 5.74) is 1.92. The van der Waals surface area contributed by atoms with Crippen LogP contribution >= 0.6 is 0 Å². The van der Waals surface area contributed by atoms with Crippen LogP contribution in [0.2, 0.25) is 0 Å². The molecule has 0 saturated carbocycles. The fraction of sp³-hybridized carbons (Fsp3) is 0.500. The molecular weight excluding hydrogens is 252 g/mol. The molecule has 0 spiro atoms. The van der Waals surface area contributed by atoms with Gasteiger partial charge in [-0.05, 0) is 44.9 Å². The molecule has 0 bridgehead atoms. The Balaban J connectivity index is 1.91. The molecule has 1 fully saturated rings. The van der Waals surface area contributed by atoms with E-state index in [2.05, 4.69) is 10.2 Å². The van der Waals surface area contributed by atoms with Gasteiger partial charge in [0.15, 0.2) is 0 Å². The number of aryl methyl sites for hydroxylation is 1. The highest BCUT2D eigenvalue weighted by molar-refractivity contribution is 5.93. The second-order valence-electron chi connectivity index (χ2n) is 5.54. The minimum atomic E-state index is -0.00486. The highest BCUT2D eigenvalue weighted by atomic mass is 16.2. The van der Waals surface area contributed by atoms with Crippen LogP contribution in [0.15, 0.2) is 24.3 Å². The third-order valence-corrected chi connectivity index (χ3v) is 3.79. The number of hydrogen-bond donors (Lipinski definition) is 1. The Morgan fingerprint density at radius 2 is 2.10 bits per heavy atom. The molecule has 4 nitrogen and oxygen atoms in total. The van der Waals surface area contributed by atoms with Crippen LogP contribution in [0, 0.1) is 6.92 Å². The second-order valence-corrected chi connectivity index (χ2v) is 5.54. The van der Waals surface area contributed by atoms with Crippen LogP contribution in [0.5, 0.6) is 0 Å². The van der Waals surface area contributed by atoms with Gasteiger partial charge in [-0.2, -0.15) is 0 Å². The molecule has 2 rings (SSSR count). The first-order chi connectivity index (χ1) is 9.56. The number of para-hydroxylation sites is 1. The molecule has 108 valence electrons. The first-order valence-electron chi connectivity index (χ1n) is 7.15. The van der Waals surface area contributed by atoms with Crippen LogP contribution in [0.4, 0.5) is 5.69 Å². The summed E-state index contributed by atoms with van der Waals surface area (Å²) in [6.45, 7) is 4.86. The van der Waals surface area contributed by atoms with Crippen molar-refractivity contribution in [2.75, 3.05) is 18.4 Å². The lowest BCUT2D eigenvalue weighted by Gasteiger charge is -2.23. The topological polar surface area (TPSA) is 49.4 Å². The molecule has 1 unspecified atom stereocenters. The van der Waals surface area contributed by atoms with Gasteiger partial charge in [0.25, 0.3) is 0 Å². The van der Waals surface area contributed by atoms with E-state index in [1.54, 1.807) is 6.92 Å². The number of carbonyl (C=O) groups is 2. The SMILES string of the molecule is CC(=O)CC1CCCN1CC(=O)Nc1ccccc1C. The van der Waals surface area contributed by atoms with Crippen LogP contribution in [0.25, 0.3) is 0 Å². The maximum absolute atomic E-state index is 12.1. The van der Waals surface area contributed by atoms with Gasteiger partial charge in [0.2, 0.25) is 5.91 Å². The molecule has 1 aromatic carbocycles. The Labute approximate surface area is 120 Å². The normalized spacial score (nSPS) is 19.0. The van der Waals surface area contributed by atoms with Crippen molar-refractivity contribution < 1.29 is 9.59 Å². The van der Waals surface area contributed by atoms with Crippen molar-refractivity contribution in [3.8, 4) is 0 Å². The summed E-state index contributed by atoms with van der Waals surface area (Å²) in [7, 11) is 0. The van der Waals surface area contributed by atoms with Gasteiger partial charge in [0.1, 0.15) is 5.78 Å². The number of benzene rings is 1. The highest BCUT2D eigenvalue weighted by Crippen LogP contribution is 2.20. The monoisotopic (exact) mass is 274 g/mol. The number of anilines is 1.